The molecule has 0 radical (unpaired) electrons. The van der Waals surface area contributed by atoms with Gasteiger partial charge in [-0.1, -0.05) is 18.2 Å². The molecule has 0 fully saturated rings. The Hall–Kier alpha value is -5.06. The number of methoxy groups -OCH3 is 1. The van der Waals surface area contributed by atoms with E-state index < -0.39 is 29.4 Å². The molecule has 0 aliphatic rings. The Balaban J connectivity index is 1.44. The number of amides is 2. The van der Waals surface area contributed by atoms with E-state index in [9.17, 15) is 18.4 Å². The van der Waals surface area contributed by atoms with Gasteiger partial charge in [-0.25, -0.2) is 13.8 Å². The maximum Gasteiger partial charge on any atom is 0.241 e. The summed E-state index contributed by atoms with van der Waals surface area (Å²) in [5.41, 5.74) is 6.66. The van der Waals surface area contributed by atoms with Gasteiger partial charge in [0, 0.05) is 24.5 Å². The van der Waals surface area contributed by atoms with Gasteiger partial charge in [-0.2, -0.15) is 4.98 Å². The van der Waals surface area contributed by atoms with Crippen LogP contribution in [0.4, 0.5) is 20.4 Å². The lowest BCUT2D eigenvalue weighted by Gasteiger charge is -2.15. The van der Waals surface area contributed by atoms with Crippen LogP contribution in [0.3, 0.4) is 0 Å². The van der Waals surface area contributed by atoms with Gasteiger partial charge in [0.1, 0.15) is 17.5 Å². The van der Waals surface area contributed by atoms with Crippen molar-refractivity contribution in [2.24, 2.45) is 5.73 Å². The number of nitrogens with two attached hydrogens (primary N) is 1. The largest absolute Gasteiger partial charge is 0.497 e. The zero-order valence-corrected chi connectivity index (χ0v) is 20.2. The molecule has 194 valence electrons. The predicted octanol–water partition coefficient (Wildman–Crippen LogP) is 4.38. The highest BCUT2D eigenvalue weighted by atomic mass is 19.1. The Bertz CT molecular complexity index is 1430. The Morgan fingerprint density at radius 1 is 1.00 bits per heavy atom. The van der Waals surface area contributed by atoms with E-state index in [1.54, 1.807) is 7.11 Å². The highest BCUT2D eigenvalue weighted by Crippen LogP contribution is 2.28. The number of benzene rings is 3. The zero-order chi connectivity index (χ0) is 27.1. The molecule has 4 aromatic rings. The van der Waals surface area contributed by atoms with Crippen molar-refractivity contribution in [2.45, 2.75) is 12.5 Å². The normalized spacial score (nSPS) is 11.3. The first-order valence-corrected chi connectivity index (χ1v) is 11.4. The van der Waals surface area contributed by atoms with E-state index in [4.69, 9.17) is 15.2 Å². The molecule has 9 nitrogen and oxygen atoms in total. The summed E-state index contributed by atoms with van der Waals surface area (Å²) in [7, 11) is 1.59. The maximum absolute atomic E-state index is 14.9. The lowest BCUT2D eigenvalue weighted by molar-refractivity contribution is -0.127. The van der Waals surface area contributed by atoms with Crippen molar-refractivity contribution in [1.29, 1.82) is 0 Å². The summed E-state index contributed by atoms with van der Waals surface area (Å²) >= 11 is 0. The summed E-state index contributed by atoms with van der Waals surface area (Å²) in [5.74, 6) is -3.70. The van der Waals surface area contributed by atoms with Crippen LogP contribution in [-0.4, -0.2) is 28.9 Å². The average molecular weight is 520 g/mol. The van der Waals surface area contributed by atoms with Gasteiger partial charge in [0.2, 0.25) is 23.6 Å². The Morgan fingerprint density at radius 3 is 2.39 bits per heavy atom. The number of rotatable bonds is 10. The Labute approximate surface area is 216 Å². The molecule has 0 spiro atoms. The average Bonchev–Trinajstić information content (AvgIpc) is 2.91. The maximum atomic E-state index is 14.9. The van der Waals surface area contributed by atoms with Crippen molar-refractivity contribution in [2.75, 3.05) is 17.7 Å². The lowest BCUT2D eigenvalue weighted by atomic mass is 9.97. The second kappa shape index (κ2) is 11.8. The second-order valence-electron chi connectivity index (χ2n) is 8.04. The van der Waals surface area contributed by atoms with Crippen LogP contribution in [0.2, 0.25) is 0 Å². The zero-order valence-electron chi connectivity index (χ0n) is 20.2. The molecule has 0 bridgehead atoms. The van der Waals surface area contributed by atoms with Gasteiger partial charge in [-0.3, -0.25) is 9.59 Å². The molecule has 0 aliphatic carbocycles. The molecule has 1 aromatic heterocycles. The van der Waals surface area contributed by atoms with Crippen LogP contribution >= 0.6 is 0 Å². The first kappa shape index (κ1) is 26.0. The minimum Gasteiger partial charge on any atom is -0.497 e. The van der Waals surface area contributed by atoms with Crippen LogP contribution < -0.4 is 25.8 Å². The third kappa shape index (κ3) is 6.58. The number of aromatic nitrogens is 2. The molecule has 4 N–H and O–H groups in total. The van der Waals surface area contributed by atoms with Gasteiger partial charge in [0.05, 0.1) is 7.11 Å². The van der Waals surface area contributed by atoms with E-state index in [-0.39, 0.29) is 28.8 Å². The monoisotopic (exact) mass is 519 g/mol. The number of carbonyl (C=O) groups is 2. The first-order valence-electron chi connectivity index (χ1n) is 11.4. The van der Waals surface area contributed by atoms with Crippen molar-refractivity contribution in [3.8, 4) is 17.4 Å². The molecule has 1 atom stereocenters. The van der Waals surface area contributed by atoms with Gasteiger partial charge in [0.15, 0.2) is 11.6 Å². The van der Waals surface area contributed by atoms with Gasteiger partial charge >= 0.3 is 0 Å². The van der Waals surface area contributed by atoms with Gasteiger partial charge in [-0.05, 0) is 59.7 Å². The van der Waals surface area contributed by atoms with Crippen LogP contribution in [0.25, 0.3) is 0 Å². The number of hydrogen-bond acceptors (Lipinski definition) is 7. The molecule has 1 heterocycles. The van der Waals surface area contributed by atoms with E-state index in [1.165, 1.54) is 36.5 Å². The summed E-state index contributed by atoms with van der Waals surface area (Å²) in [6, 6.07) is 17.4. The van der Waals surface area contributed by atoms with Crippen LogP contribution in [0.5, 0.6) is 17.4 Å². The highest BCUT2D eigenvalue weighted by molar-refractivity contribution is 6.10. The Morgan fingerprint density at radius 2 is 1.74 bits per heavy atom. The number of carbonyl (C=O) groups excluding carboxylic acids is 2. The molecule has 0 saturated carbocycles. The number of hydrogen-bond donors (Lipinski definition) is 3. The number of nitrogens with zero attached hydrogens (tertiary/aromatic N) is 2. The van der Waals surface area contributed by atoms with Crippen molar-refractivity contribution >= 4 is 23.5 Å². The summed E-state index contributed by atoms with van der Waals surface area (Å²) in [4.78, 5) is 33.0. The van der Waals surface area contributed by atoms with Gasteiger partial charge in [-0.15, -0.1) is 0 Å². The number of ether oxygens (including phenoxy) is 2. The molecular weight excluding hydrogens is 496 g/mol. The minimum atomic E-state index is -1.49. The molecule has 0 saturated heterocycles. The van der Waals surface area contributed by atoms with Crippen LogP contribution in [0.15, 0.2) is 79.0 Å². The standard InChI is InChI=1S/C27H23F2N5O4/c1-37-20-9-2-16(3-10-20)15-32-27-31-13-12-23(34-27)38-22-11-4-17(14-21(22)29)24(25(30)35)26(36)33-19-7-5-18(28)6-8-19/h2-14,24H,15H2,1H3,(H2,30,35)(H,33,36)(H,31,32,34). The van der Waals surface area contributed by atoms with Gasteiger partial charge < -0.3 is 25.8 Å². The number of primary amides is 1. The highest BCUT2D eigenvalue weighted by Gasteiger charge is 2.28. The third-order valence-corrected chi connectivity index (χ3v) is 5.40. The summed E-state index contributed by atoms with van der Waals surface area (Å²) in [5, 5.41) is 5.53. The van der Waals surface area contributed by atoms with E-state index in [0.717, 1.165) is 29.5 Å². The molecule has 3 aromatic carbocycles. The summed E-state index contributed by atoms with van der Waals surface area (Å²) in [6.45, 7) is 0.436. The molecule has 38 heavy (non-hydrogen) atoms. The smallest absolute Gasteiger partial charge is 0.241 e. The van der Waals surface area contributed by atoms with E-state index in [1.807, 2.05) is 24.3 Å². The van der Waals surface area contributed by atoms with Crippen molar-refractivity contribution in [3.05, 3.63) is 102 Å². The molecule has 1 unspecified atom stereocenters. The van der Waals surface area contributed by atoms with Crippen LogP contribution in [0.1, 0.15) is 17.0 Å². The van der Waals surface area contributed by atoms with E-state index in [0.29, 0.717) is 6.54 Å². The van der Waals surface area contributed by atoms with E-state index in [2.05, 4.69) is 20.6 Å². The molecular formula is C27H23F2N5O4. The Kier molecular flexibility index (Phi) is 8.07. The van der Waals surface area contributed by atoms with E-state index >= 15 is 0 Å². The fourth-order valence-corrected chi connectivity index (χ4v) is 3.49. The molecule has 0 aliphatic heterocycles. The molecule has 11 heteroatoms. The summed E-state index contributed by atoms with van der Waals surface area (Å²) < 4.78 is 38.7. The predicted molar refractivity (Wildman–Crippen MR) is 136 cm³/mol. The number of halogens is 2. The topological polar surface area (TPSA) is 128 Å². The van der Waals surface area contributed by atoms with Crippen LogP contribution in [0, 0.1) is 11.6 Å². The quantitative estimate of drug-likeness (QED) is 0.265. The second-order valence-corrected chi connectivity index (χ2v) is 8.04. The molecule has 2 amide bonds. The minimum absolute atomic E-state index is 0.0199. The van der Waals surface area contributed by atoms with Crippen molar-refractivity contribution in [1.82, 2.24) is 9.97 Å². The van der Waals surface area contributed by atoms with Crippen molar-refractivity contribution in [3.63, 3.8) is 0 Å². The lowest BCUT2D eigenvalue weighted by Crippen LogP contribution is -2.32. The van der Waals surface area contributed by atoms with Gasteiger partial charge in [0.25, 0.3) is 0 Å². The first-order chi connectivity index (χ1) is 18.3. The fourth-order valence-electron chi connectivity index (χ4n) is 3.49. The number of nitrogens with one attached hydrogen (secondary N) is 2. The number of anilines is 2. The molecule has 4 rings (SSSR count). The summed E-state index contributed by atoms with van der Waals surface area (Å²) in [6.07, 6.45) is 1.45. The van der Waals surface area contributed by atoms with Crippen molar-refractivity contribution < 1.29 is 27.8 Å². The fraction of sp³-hybridized carbons (Fsp3) is 0.111. The third-order valence-electron chi connectivity index (χ3n) is 5.40. The van der Waals surface area contributed by atoms with Crippen LogP contribution in [-0.2, 0) is 16.1 Å². The SMILES string of the molecule is COc1ccc(CNc2nccc(Oc3ccc(C(C(N)=O)C(=O)Nc4ccc(F)cc4)cc3F)n2)cc1.